The normalized spacial score (nSPS) is 14.2. The summed E-state index contributed by atoms with van der Waals surface area (Å²) in [7, 11) is 11.0. The maximum atomic E-state index is 2.57. The average Bonchev–Trinajstić information content (AvgIpc) is 1.47. The molecule has 22 aromatic rings. The molecule has 12 aromatic carbocycles. The fourth-order valence-corrected chi connectivity index (χ4v) is 24.8. The number of para-hydroxylation sites is 5. The highest BCUT2D eigenvalue weighted by Crippen LogP contribution is 2.54. The summed E-state index contributed by atoms with van der Waals surface area (Å²) in [6.45, 7) is 58.0. The topological polar surface area (TPSA) is 44.4 Å². The molecule has 0 spiro atoms. The van der Waals surface area contributed by atoms with Crippen molar-refractivity contribution in [2.75, 3.05) is 0 Å². The van der Waals surface area contributed by atoms with Crippen LogP contribution in [0.5, 0.6) is 0 Å². The van der Waals surface area contributed by atoms with E-state index in [1.165, 1.54) is 254 Å². The lowest BCUT2D eigenvalue weighted by atomic mass is 9.60. The summed E-state index contributed by atoms with van der Waals surface area (Å²) in [5, 5.41) is 20.2. The van der Waals surface area contributed by atoms with Gasteiger partial charge in [-0.15, -0.1) is 0 Å². The van der Waals surface area contributed by atoms with E-state index in [1.54, 1.807) is 0 Å². The molecule has 0 amide bonds. The molecule has 0 fully saturated rings. The number of imidazole rings is 5. The standard InChI is InChI=1S/C32H37N2.C31H35N2.C24H27N2.C23H25N2.C18H17N2/c1-20(2)18-24-13-11-14-25(19-21(3)4)30(24)31-23(6)33(7)32-29-22(5)12-10-16-27(29)26-15-8-9-17-28(26)34(31)32;1-19(2)18-23-13-11-15-24(20(3)4)29(23)30-22(6)32(7)31-28-21(5)12-10-16-26(28)25-14-8-9-17-27(25)33(30)31;1-14-10-8-11-16-17-12-9-13-18-20(17)26-21(24(5,6)23(18,3)4)15(2)25(7)22(26)19(14)16;1-14-9-7-10-15-16-11-8-12-17-20(16)25-18(23(4,5)22(17,2)3)13-24(6)21(25)19(14)15;1-12-7-6-9-15-14-8-4-5-10-16(14)20-11-13(2)19(3)18(20)17(12)15/h8-17,20-21H,18-19H2,1-7H3;8-17,19-20H,18H2,1-7H3;8-13H,1-7H3;7-13H,1-6H3;4-11H,1-3H3/q5*+1. The van der Waals surface area contributed by atoms with Crippen LogP contribution in [0.25, 0.3) is 159 Å². The van der Waals surface area contributed by atoms with Crippen molar-refractivity contribution in [1.82, 2.24) is 22.7 Å². The molecule has 24 rings (SSSR count). The second kappa shape index (κ2) is 33.8. The number of aryl methyl sites for hydroxylation is 11. The van der Waals surface area contributed by atoms with Gasteiger partial charge in [0, 0.05) is 125 Å². The fourth-order valence-electron chi connectivity index (χ4n) is 24.8. The summed E-state index contributed by atoms with van der Waals surface area (Å²) in [6, 6.07) is 87.5. The Bertz CT molecular complexity index is 8820. The summed E-state index contributed by atoms with van der Waals surface area (Å²) in [6.07, 6.45) is 7.82. The van der Waals surface area contributed by atoms with Crippen LogP contribution in [0.3, 0.4) is 0 Å². The highest BCUT2D eigenvalue weighted by Gasteiger charge is 2.53. The molecule has 0 atom stereocenters. The van der Waals surface area contributed by atoms with Crippen LogP contribution in [0.15, 0.2) is 249 Å². The third kappa shape index (κ3) is 13.7. The molecular weight excluding hydrogens is 1680 g/mol. The third-order valence-corrected chi connectivity index (χ3v) is 33.3. The lowest BCUT2D eigenvalue weighted by Gasteiger charge is -2.43. The number of hydrogen-bond donors (Lipinski definition) is 0. The van der Waals surface area contributed by atoms with Crippen LogP contribution in [0.4, 0.5) is 0 Å². The Balaban J connectivity index is 0.000000107. The van der Waals surface area contributed by atoms with Crippen LogP contribution in [-0.2, 0) is 76.2 Å². The van der Waals surface area contributed by atoms with Crippen LogP contribution in [0.1, 0.15) is 212 Å². The Morgan fingerprint density at radius 1 is 0.297 bits per heavy atom. The van der Waals surface area contributed by atoms with E-state index in [4.69, 9.17) is 0 Å². The Kier molecular flexibility index (Phi) is 22.6. The number of nitrogens with zero attached hydrogens (tertiary/aromatic N) is 10. The zero-order chi connectivity index (χ0) is 97.8. The van der Waals surface area contributed by atoms with Crippen molar-refractivity contribution in [3.05, 3.63) is 344 Å². The molecule has 10 aromatic heterocycles. The molecule has 0 radical (unpaired) electrons. The van der Waals surface area contributed by atoms with Gasteiger partial charge in [0.15, 0.2) is 22.8 Å². The minimum Gasteiger partial charge on any atom is -0.232 e. The predicted molar refractivity (Wildman–Crippen MR) is 583 cm³/mol. The van der Waals surface area contributed by atoms with Crippen molar-refractivity contribution < 1.29 is 22.2 Å². The van der Waals surface area contributed by atoms with E-state index in [1.807, 2.05) is 0 Å². The second-order valence-corrected chi connectivity index (χ2v) is 44.5. The van der Waals surface area contributed by atoms with Gasteiger partial charge in [-0.2, -0.15) is 22.0 Å². The van der Waals surface area contributed by atoms with Gasteiger partial charge >= 0.3 is 0 Å². The van der Waals surface area contributed by atoms with Crippen molar-refractivity contribution >= 4 is 137 Å². The second-order valence-electron chi connectivity index (χ2n) is 44.5. The van der Waals surface area contributed by atoms with Crippen molar-refractivity contribution in [3.63, 3.8) is 0 Å². The number of hydrogen-bond acceptors (Lipinski definition) is 0. The molecular formula is C128H141N10+5. The van der Waals surface area contributed by atoms with Crippen LogP contribution in [-0.4, -0.2) is 22.7 Å². The Morgan fingerprint density at radius 2 is 0.645 bits per heavy atom. The van der Waals surface area contributed by atoms with Crippen LogP contribution in [0.2, 0.25) is 0 Å². The zero-order valence-electron chi connectivity index (χ0n) is 87.6. The molecule has 10 heteroatoms. The minimum atomic E-state index is 0.0406. The van der Waals surface area contributed by atoms with Crippen molar-refractivity contribution in [3.8, 4) is 22.5 Å². The Morgan fingerprint density at radius 3 is 1.12 bits per heavy atom. The lowest BCUT2D eigenvalue weighted by molar-refractivity contribution is -0.643. The first kappa shape index (κ1) is 92.4. The van der Waals surface area contributed by atoms with Crippen LogP contribution < -0.4 is 22.2 Å². The molecule has 0 aliphatic carbocycles. The molecule has 2 aliphatic rings. The largest absolute Gasteiger partial charge is 0.295 e. The smallest absolute Gasteiger partial charge is 0.232 e. The monoisotopic (exact) mass is 1820 g/mol. The van der Waals surface area contributed by atoms with Gasteiger partial charge in [0.25, 0.3) is 28.2 Å². The fraction of sp³-hybridized carbons (Fsp3) is 0.320. The van der Waals surface area contributed by atoms with E-state index in [0.29, 0.717) is 23.7 Å². The summed E-state index contributed by atoms with van der Waals surface area (Å²) in [5.41, 5.74) is 42.4. The lowest BCUT2D eigenvalue weighted by Crippen LogP contribution is -2.51. The highest BCUT2D eigenvalue weighted by atomic mass is 15.2. The third-order valence-electron chi connectivity index (χ3n) is 33.3. The van der Waals surface area contributed by atoms with E-state index in [9.17, 15) is 0 Å². The summed E-state index contributed by atoms with van der Waals surface area (Å²) >= 11 is 0. The number of fused-ring (bicyclic) bond motifs is 24. The molecule has 12 heterocycles. The summed E-state index contributed by atoms with van der Waals surface area (Å²) < 4.78 is 24.4. The van der Waals surface area contributed by atoms with E-state index >= 15 is 0 Å². The number of rotatable bonds is 9. The number of pyridine rings is 5. The molecule has 698 valence electrons. The first-order valence-corrected chi connectivity index (χ1v) is 50.6. The zero-order valence-corrected chi connectivity index (χ0v) is 87.6. The number of benzene rings is 12. The number of aromatic nitrogens is 10. The van der Waals surface area contributed by atoms with Gasteiger partial charge in [0.05, 0.1) is 62.2 Å². The summed E-state index contributed by atoms with van der Waals surface area (Å²) in [4.78, 5) is 0. The van der Waals surface area contributed by atoms with Crippen molar-refractivity contribution in [1.29, 1.82) is 0 Å². The van der Waals surface area contributed by atoms with E-state index in [-0.39, 0.29) is 21.7 Å². The predicted octanol–water partition coefficient (Wildman–Crippen LogP) is 29.3. The van der Waals surface area contributed by atoms with Crippen LogP contribution in [0, 0.1) is 80.1 Å². The summed E-state index contributed by atoms with van der Waals surface area (Å²) in [5.74, 6) is 2.27. The quantitative estimate of drug-likeness (QED) is 0.102. The van der Waals surface area contributed by atoms with Gasteiger partial charge < -0.3 is 0 Å². The molecule has 10 nitrogen and oxygen atoms in total. The molecule has 0 unspecified atom stereocenters. The van der Waals surface area contributed by atoms with Gasteiger partial charge in [-0.25, -0.2) is 22.8 Å². The molecule has 0 N–H and O–H groups in total. The Labute approximate surface area is 815 Å². The van der Waals surface area contributed by atoms with Crippen molar-refractivity contribution in [2.45, 2.75) is 220 Å². The minimum absolute atomic E-state index is 0.0406. The maximum absolute atomic E-state index is 2.57. The molecule has 0 saturated carbocycles. The first-order valence-electron chi connectivity index (χ1n) is 50.6. The molecule has 2 aliphatic heterocycles. The van der Waals surface area contributed by atoms with E-state index in [2.05, 4.69) is 502 Å². The van der Waals surface area contributed by atoms with Gasteiger partial charge in [-0.3, -0.25) is 0 Å². The highest BCUT2D eigenvalue weighted by molar-refractivity contribution is 6.16. The molecule has 0 bridgehead atoms. The van der Waals surface area contributed by atoms with E-state index in [0.717, 1.165) is 19.3 Å². The van der Waals surface area contributed by atoms with Gasteiger partial charge in [-0.1, -0.05) is 329 Å². The van der Waals surface area contributed by atoms with Gasteiger partial charge in [0.1, 0.15) is 62.8 Å². The average molecular weight is 1820 g/mol. The Hall–Kier alpha value is -13.3. The van der Waals surface area contributed by atoms with E-state index < -0.39 is 0 Å². The molecule has 0 saturated heterocycles. The SMILES string of the molecule is Cc1cccc2c3cccc4c3[n+]3c(c(C)n(C)c3c12)C(C)(C)C4(C)C.Cc1cccc2c3cccc4c3n3c(c[n+](C)c3c12)C(C)(C)C4(C)C.Cc1cccc2c3ccccc3[n+]3c(-c4c(CC(C)C)cccc4C(C)C)c(C)n(C)c3c12.Cc1cccc2c3ccccc3[n+]3c(-c4c(CC(C)C)cccc4CC(C)C)c(C)n(C)c3c12.Cc1cccc2c3ccccc3[n+]3cc(C)n(C)c3c12. The molecule has 138 heavy (non-hydrogen) atoms. The maximum Gasteiger partial charge on any atom is 0.295 e. The first-order chi connectivity index (χ1) is 65.7. The van der Waals surface area contributed by atoms with Gasteiger partial charge in [0.2, 0.25) is 0 Å². The van der Waals surface area contributed by atoms with Crippen molar-refractivity contribution in [2.24, 2.45) is 53.0 Å². The van der Waals surface area contributed by atoms with Crippen LogP contribution >= 0.6 is 0 Å². The van der Waals surface area contributed by atoms with Gasteiger partial charge in [-0.05, 0) is 146 Å².